The van der Waals surface area contributed by atoms with E-state index in [1.165, 1.54) is 0 Å². The maximum Gasteiger partial charge on any atom is 0.163 e. The molecule has 0 aliphatic carbocycles. The Balaban J connectivity index is 2.28. The quantitative estimate of drug-likeness (QED) is 0.692. The monoisotopic (exact) mass is 273 g/mol. The third kappa shape index (κ3) is 1.92. The Morgan fingerprint density at radius 1 is 1.26 bits per heavy atom. The molecule has 0 unspecified atom stereocenters. The zero-order valence-corrected chi connectivity index (χ0v) is 11.3. The average molecular weight is 274 g/mol. The van der Waals surface area contributed by atoms with E-state index in [0.29, 0.717) is 16.5 Å². The summed E-state index contributed by atoms with van der Waals surface area (Å²) in [5.74, 6) is 1.46. The maximum atomic E-state index is 6.23. The van der Waals surface area contributed by atoms with Crippen molar-refractivity contribution in [1.29, 1.82) is 0 Å². The molecule has 1 aromatic carbocycles. The minimum atomic E-state index is 0.572. The predicted octanol–water partition coefficient (Wildman–Crippen LogP) is 2.57. The Bertz CT molecular complexity index is 778. The summed E-state index contributed by atoms with van der Waals surface area (Å²) < 4.78 is 1.90. The highest BCUT2D eigenvalue weighted by Gasteiger charge is 2.14. The highest BCUT2D eigenvalue weighted by molar-refractivity contribution is 6.33. The van der Waals surface area contributed by atoms with Gasteiger partial charge in [0.05, 0.1) is 11.2 Å². The molecule has 0 aliphatic rings. The molecule has 96 valence electrons. The zero-order valence-electron chi connectivity index (χ0n) is 10.6. The Labute approximate surface area is 115 Å². The van der Waals surface area contributed by atoms with Crippen molar-refractivity contribution < 1.29 is 0 Å². The Morgan fingerprint density at radius 3 is 2.79 bits per heavy atom. The third-order valence-corrected chi connectivity index (χ3v) is 3.28. The van der Waals surface area contributed by atoms with E-state index in [1.54, 1.807) is 18.3 Å². The molecule has 0 fully saturated rings. The van der Waals surface area contributed by atoms with Gasteiger partial charge in [0.15, 0.2) is 5.65 Å². The number of imidazole rings is 1. The third-order valence-electron chi connectivity index (χ3n) is 2.97. The van der Waals surface area contributed by atoms with E-state index >= 15 is 0 Å². The van der Waals surface area contributed by atoms with Gasteiger partial charge in [-0.25, -0.2) is 15.0 Å². The molecule has 0 atom stereocenters. The molecule has 2 heterocycles. The second kappa shape index (κ2) is 4.20. The first-order valence-electron chi connectivity index (χ1n) is 5.78. The lowest BCUT2D eigenvalue weighted by atomic mass is 10.2. The summed E-state index contributed by atoms with van der Waals surface area (Å²) >= 11 is 6.23. The summed E-state index contributed by atoms with van der Waals surface area (Å²) in [6.07, 6.45) is 1.71. The number of rotatable bonds is 1. The SMILES string of the molecule is Cc1ncc2nc(-c3ccc(N)cc3Cl)n(C)c2n1. The molecule has 0 saturated heterocycles. The topological polar surface area (TPSA) is 69.6 Å². The van der Waals surface area contributed by atoms with Crippen molar-refractivity contribution in [1.82, 2.24) is 19.5 Å². The number of nitrogens with two attached hydrogens (primary N) is 1. The molecule has 0 aliphatic heterocycles. The van der Waals surface area contributed by atoms with Crippen molar-refractivity contribution >= 4 is 28.5 Å². The van der Waals surface area contributed by atoms with E-state index in [1.807, 2.05) is 24.6 Å². The molecule has 5 nitrogen and oxygen atoms in total. The van der Waals surface area contributed by atoms with E-state index in [-0.39, 0.29) is 0 Å². The predicted molar refractivity (Wildman–Crippen MR) is 75.9 cm³/mol. The highest BCUT2D eigenvalue weighted by atomic mass is 35.5. The van der Waals surface area contributed by atoms with Gasteiger partial charge in [-0.05, 0) is 25.1 Å². The van der Waals surface area contributed by atoms with Gasteiger partial charge in [-0.2, -0.15) is 0 Å². The summed E-state index contributed by atoms with van der Waals surface area (Å²) in [5.41, 5.74) is 8.69. The van der Waals surface area contributed by atoms with E-state index < -0.39 is 0 Å². The van der Waals surface area contributed by atoms with Gasteiger partial charge in [0.25, 0.3) is 0 Å². The number of benzene rings is 1. The van der Waals surface area contributed by atoms with Crippen LogP contribution in [0.5, 0.6) is 0 Å². The van der Waals surface area contributed by atoms with Gasteiger partial charge in [-0.3, -0.25) is 0 Å². The number of fused-ring (bicyclic) bond motifs is 1. The molecule has 19 heavy (non-hydrogen) atoms. The Kier molecular flexibility index (Phi) is 2.64. The minimum absolute atomic E-state index is 0.572. The summed E-state index contributed by atoms with van der Waals surface area (Å²) in [7, 11) is 1.91. The second-order valence-electron chi connectivity index (χ2n) is 4.36. The molecule has 0 saturated carbocycles. The van der Waals surface area contributed by atoms with Gasteiger partial charge in [-0.1, -0.05) is 11.6 Å². The number of anilines is 1. The molecule has 3 aromatic rings. The van der Waals surface area contributed by atoms with Gasteiger partial charge < -0.3 is 10.3 Å². The van der Waals surface area contributed by atoms with E-state index in [2.05, 4.69) is 15.0 Å². The van der Waals surface area contributed by atoms with Crippen LogP contribution >= 0.6 is 11.6 Å². The van der Waals surface area contributed by atoms with Crippen molar-refractivity contribution in [3.8, 4) is 11.4 Å². The number of nitrogens with zero attached hydrogens (tertiary/aromatic N) is 4. The molecule has 0 bridgehead atoms. The number of aromatic nitrogens is 4. The number of halogens is 1. The summed E-state index contributed by atoms with van der Waals surface area (Å²) in [6, 6.07) is 5.38. The van der Waals surface area contributed by atoms with Crippen LogP contribution in [0, 0.1) is 6.92 Å². The van der Waals surface area contributed by atoms with Crippen LogP contribution < -0.4 is 5.73 Å². The Hall–Kier alpha value is -2.14. The average Bonchev–Trinajstić information content (AvgIpc) is 2.67. The Morgan fingerprint density at radius 2 is 2.05 bits per heavy atom. The highest BCUT2D eigenvalue weighted by Crippen LogP contribution is 2.30. The fraction of sp³-hybridized carbons (Fsp3) is 0.154. The van der Waals surface area contributed by atoms with Gasteiger partial charge >= 0.3 is 0 Å². The second-order valence-corrected chi connectivity index (χ2v) is 4.77. The standard InChI is InChI=1S/C13H12ClN5/c1-7-16-6-11-13(17-7)19(2)12(18-11)9-4-3-8(15)5-10(9)14/h3-6H,15H2,1-2H3. The van der Waals surface area contributed by atoms with E-state index in [9.17, 15) is 0 Å². The van der Waals surface area contributed by atoms with Crippen LogP contribution in [0.15, 0.2) is 24.4 Å². The van der Waals surface area contributed by atoms with E-state index in [0.717, 1.165) is 22.6 Å². The van der Waals surface area contributed by atoms with Crippen molar-refractivity contribution in [3.05, 3.63) is 35.2 Å². The van der Waals surface area contributed by atoms with Crippen LogP contribution in [-0.4, -0.2) is 19.5 Å². The van der Waals surface area contributed by atoms with Gasteiger partial charge in [0.1, 0.15) is 17.2 Å². The first-order valence-corrected chi connectivity index (χ1v) is 6.15. The molecule has 6 heteroatoms. The fourth-order valence-electron chi connectivity index (χ4n) is 2.02. The van der Waals surface area contributed by atoms with Gasteiger partial charge in [0, 0.05) is 18.3 Å². The number of aryl methyl sites for hydroxylation is 2. The van der Waals surface area contributed by atoms with Crippen molar-refractivity contribution in [2.75, 3.05) is 5.73 Å². The van der Waals surface area contributed by atoms with E-state index in [4.69, 9.17) is 17.3 Å². The minimum Gasteiger partial charge on any atom is -0.399 e. The lowest BCUT2D eigenvalue weighted by Gasteiger charge is -2.05. The van der Waals surface area contributed by atoms with Crippen LogP contribution in [0.1, 0.15) is 5.82 Å². The summed E-state index contributed by atoms with van der Waals surface area (Å²) in [6.45, 7) is 1.85. The van der Waals surface area contributed by atoms with Crippen LogP contribution in [0.3, 0.4) is 0 Å². The largest absolute Gasteiger partial charge is 0.399 e. The normalized spacial score (nSPS) is 11.1. The maximum absolute atomic E-state index is 6.23. The molecular formula is C13H12ClN5. The number of hydrogen-bond acceptors (Lipinski definition) is 4. The number of nitrogen functional groups attached to an aromatic ring is 1. The molecule has 0 spiro atoms. The summed E-state index contributed by atoms with van der Waals surface area (Å²) in [5, 5.41) is 0.572. The molecule has 3 rings (SSSR count). The lowest BCUT2D eigenvalue weighted by molar-refractivity contribution is 0.929. The fourth-order valence-corrected chi connectivity index (χ4v) is 2.29. The van der Waals surface area contributed by atoms with Crippen LogP contribution in [0.4, 0.5) is 5.69 Å². The van der Waals surface area contributed by atoms with Crippen molar-refractivity contribution in [2.45, 2.75) is 6.92 Å². The van der Waals surface area contributed by atoms with Crippen LogP contribution in [0.25, 0.3) is 22.6 Å². The van der Waals surface area contributed by atoms with Crippen LogP contribution in [0.2, 0.25) is 5.02 Å². The van der Waals surface area contributed by atoms with Crippen LogP contribution in [-0.2, 0) is 7.05 Å². The first kappa shape index (κ1) is 11.9. The number of hydrogen-bond donors (Lipinski definition) is 1. The smallest absolute Gasteiger partial charge is 0.163 e. The van der Waals surface area contributed by atoms with Crippen molar-refractivity contribution in [2.24, 2.45) is 7.05 Å². The zero-order chi connectivity index (χ0) is 13.6. The molecule has 0 amide bonds. The molecule has 2 N–H and O–H groups in total. The van der Waals surface area contributed by atoms with Gasteiger partial charge in [-0.15, -0.1) is 0 Å². The molecule has 2 aromatic heterocycles. The summed E-state index contributed by atoms with van der Waals surface area (Å²) in [4.78, 5) is 13.1. The van der Waals surface area contributed by atoms with Crippen molar-refractivity contribution in [3.63, 3.8) is 0 Å². The molecular weight excluding hydrogens is 262 g/mol. The first-order chi connectivity index (χ1) is 9.06. The lowest BCUT2D eigenvalue weighted by Crippen LogP contribution is -1.96. The van der Waals surface area contributed by atoms with Gasteiger partial charge in [0.2, 0.25) is 0 Å². The molecule has 0 radical (unpaired) electrons.